The van der Waals surface area contributed by atoms with Gasteiger partial charge in [-0.2, -0.15) is 0 Å². The Morgan fingerprint density at radius 3 is 2.75 bits per heavy atom. The van der Waals surface area contributed by atoms with E-state index in [4.69, 9.17) is 4.74 Å². The van der Waals surface area contributed by atoms with E-state index in [0.29, 0.717) is 18.0 Å². The molecule has 1 heterocycles. The van der Waals surface area contributed by atoms with E-state index in [2.05, 4.69) is 10.0 Å². The first-order valence-electron chi connectivity index (χ1n) is 6.82. The van der Waals surface area contributed by atoms with Gasteiger partial charge in [-0.15, -0.1) is 0 Å². The number of aryl methyl sites for hydroxylation is 1. The molecular formula is C14H22N2O3S. The summed E-state index contributed by atoms with van der Waals surface area (Å²) >= 11 is 0. The fourth-order valence-electron chi connectivity index (χ4n) is 2.35. The van der Waals surface area contributed by atoms with Crippen molar-refractivity contribution in [3.63, 3.8) is 0 Å². The number of nitrogens with one attached hydrogen (secondary N) is 2. The molecule has 1 aliphatic heterocycles. The van der Waals surface area contributed by atoms with Gasteiger partial charge < -0.3 is 10.1 Å². The van der Waals surface area contributed by atoms with Crippen molar-refractivity contribution in [1.29, 1.82) is 0 Å². The first-order chi connectivity index (χ1) is 9.44. The topological polar surface area (TPSA) is 67.4 Å². The van der Waals surface area contributed by atoms with Gasteiger partial charge in [0.15, 0.2) is 0 Å². The lowest BCUT2D eigenvalue weighted by Crippen LogP contribution is -2.39. The van der Waals surface area contributed by atoms with E-state index in [9.17, 15) is 8.42 Å². The second-order valence-corrected chi connectivity index (χ2v) is 6.92. The van der Waals surface area contributed by atoms with Gasteiger partial charge in [-0.1, -0.05) is 6.07 Å². The number of hydrogen-bond acceptors (Lipinski definition) is 4. The van der Waals surface area contributed by atoms with E-state index in [-0.39, 0.29) is 12.1 Å². The summed E-state index contributed by atoms with van der Waals surface area (Å²) in [5.74, 6) is 0. The molecule has 5 nitrogen and oxygen atoms in total. The molecule has 2 unspecified atom stereocenters. The summed E-state index contributed by atoms with van der Waals surface area (Å²) in [7, 11) is -1.65. The summed E-state index contributed by atoms with van der Waals surface area (Å²) < 4.78 is 33.0. The maximum absolute atomic E-state index is 12.4. The zero-order valence-electron chi connectivity index (χ0n) is 12.1. The highest BCUT2D eigenvalue weighted by Gasteiger charge is 2.29. The van der Waals surface area contributed by atoms with E-state index in [1.54, 1.807) is 12.1 Å². The van der Waals surface area contributed by atoms with Gasteiger partial charge in [0, 0.05) is 13.2 Å². The number of rotatable bonds is 5. The van der Waals surface area contributed by atoms with E-state index in [1.807, 2.05) is 27.0 Å². The normalized spacial score (nSPS) is 23.1. The lowest BCUT2D eigenvalue weighted by Gasteiger charge is -2.17. The second kappa shape index (κ2) is 6.22. The molecule has 0 radical (unpaired) electrons. The quantitative estimate of drug-likeness (QED) is 0.856. The van der Waals surface area contributed by atoms with Gasteiger partial charge in [-0.25, -0.2) is 13.1 Å². The fourth-order valence-corrected chi connectivity index (χ4v) is 3.74. The van der Waals surface area contributed by atoms with Crippen molar-refractivity contribution in [3.05, 3.63) is 29.3 Å². The Kier molecular flexibility index (Phi) is 4.80. The van der Waals surface area contributed by atoms with Gasteiger partial charge in [0.2, 0.25) is 10.0 Å². The van der Waals surface area contributed by atoms with Crippen molar-refractivity contribution in [2.24, 2.45) is 0 Å². The van der Waals surface area contributed by atoms with Gasteiger partial charge in [-0.3, -0.25) is 0 Å². The van der Waals surface area contributed by atoms with Crippen LogP contribution in [-0.4, -0.2) is 34.2 Å². The molecule has 0 spiro atoms. The number of benzene rings is 1. The average molecular weight is 298 g/mol. The predicted molar refractivity (Wildman–Crippen MR) is 78.1 cm³/mol. The van der Waals surface area contributed by atoms with Crippen LogP contribution in [0, 0.1) is 6.92 Å². The SMILES string of the molecule is CNCc1cc(S(=O)(=O)NC2CCOC2C)ccc1C. The second-order valence-electron chi connectivity index (χ2n) is 5.21. The standard InChI is InChI=1S/C14H22N2O3S/c1-10-4-5-13(8-12(10)9-15-3)20(17,18)16-14-6-7-19-11(14)2/h4-5,8,11,14-16H,6-7,9H2,1-3H3. The van der Waals surface area contributed by atoms with Gasteiger partial charge in [-0.05, 0) is 50.6 Å². The third kappa shape index (κ3) is 3.38. The van der Waals surface area contributed by atoms with E-state index >= 15 is 0 Å². The number of ether oxygens (including phenoxy) is 1. The summed E-state index contributed by atoms with van der Waals surface area (Å²) in [6, 6.07) is 5.08. The highest BCUT2D eigenvalue weighted by molar-refractivity contribution is 7.89. The lowest BCUT2D eigenvalue weighted by molar-refractivity contribution is 0.117. The van der Waals surface area contributed by atoms with Gasteiger partial charge in [0.05, 0.1) is 17.0 Å². The highest BCUT2D eigenvalue weighted by atomic mass is 32.2. The van der Waals surface area contributed by atoms with Gasteiger partial charge >= 0.3 is 0 Å². The Hall–Kier alpha value is -0.950. The van der Waals surface area contributed by atoms with E-state index in [0.717, 1.165) is 17.5 Å². The lowest BCUT2D eigenvalue weighted by atomic mass is 10.1. The molecule has 2 rings (SSSR count). The molecule has 6 heteroatoms. The monoisotopic (exact) mass is 298 g/mol. The molecule has 1 aliphatic rings. The molecule has 2 atom stereocenters. The molecule has 1 aromatic rings. The Morgan fingerprint density at radius 1 is 1.40 bits per heavy atom. The maximum atomic E-state index is 12.4. The first kappa shape index (κ1) is 15.4. The zero-order chi connectivity index (χ0) is 14.8. The van der Waals surface area contributed by atoms with Crippen LogP contribution in [0.15, 0.2) is 23.1 Å². The van der Waals surface area contributed by atoms with Gasteiger partial charge in [0.1, 0.15) is 0 Å². The van der Waals surface area contributed by atoms with Crippen LogP contribution in [0.5, 0.6) is 0 Å². The summed E-state index contributed by atoms with van der Waals surface area (Å²) in [6.45, 7) is 5.12. The van der Waals surface area contributed by atoms with E-state index in [1.165, 1.54) is 0 Å². The van der Waals surface area contributed by atoms with Crippen LogP contribution in [-0.2, 0) is 21.3 Å². The Bertz CT molecular complexity index is 572. The minimum atomic E-state index is -3.49. The smallest absolute Gasteiger partial charge is 0.240 e. The molecule has 2 N–H and O–H groups in total. The van der Waals surface area contributed by atoms with Crippen molar-refractivity contribution < 1.29 is 13.2 Å². The molecular weight excluding hydrogens is 276 g/mol. The minimum absolute atomic E-state index is 0.0768. The van der Waals surface area contributed by atoms with Gasteiger partial charge in [0.25, 0.3) is 0 Å². The third-order valence-corrected chi connectivity index (χ3v) is 5.17. The van der Waals surface area contributed by atoms with Crippen LogP contribution >= 0.6 is 0 Å². The Morgan fingerprint density at radius 2 is 2.15 bits per heavy atom. The van der Waals surface area contributed by atoms with Crippen molar-refractivity contribution in [3.8, 4) is 0 Å². The molecule has 1 saturated heterocycles. The molecule has 0 amide bonds. The molecule has 0 aliphatic carbocycles. The summed E-state index contributed by atoms with van der Waals surface area (Å²) in [4.78, 5) is 0.312. The van der Waals surface area contributed by atoms with Crippen LogP contribution in [0.1, 0.15) is 24.5 Å². The van der Waals surface area contributed by atoms with Crippen molar-refractivity contribution in [2.75, 3.05) is 13.7 Å². The van der Waals surface area contributed by atoms with Crippen molar-refractivity contribution in [2.45, 2.75) is 43.9 Å². The molecule has 112 valence electrons. The number of hydrogen-bond donors (Lipinski definition) is 2. The number of sulfonamides is 1. The fraction of sp³-hybridized carbons (Fsp3) is 0.571. The molecule has 0 saturated carbocycles. The molecule has 20 heavy (non-hydrogen) atoms. The predicted octanol–water partition coefficient (Wildman–Crippen LogP) is 1.17. The summed E-state index contributed by atoms with van der Waals surface area (Å²) in [5.41, 5.74) is 2.07. The Labute approximate surface area is 120 Å². The van der Waals surface area contributed by atoms with Crippen LogP contribution in [0.25, 0.3) is 0 Å². The summed E-state index contributed by atoms with van der Waals surface area (Å²) in [6.07, 6.45) is 0.641. The van der Waals surface area contributed by atoms with Crippen LogP contribution < -0.4 is 10.0 Å². The molecule has 1 fully saturated rings. The third-order valence-electron chi connectivity index (χ3n) is 3.68. The van der Waals surface area contributed by atoms with Crippen LogP contribution in [0.4, 0.5) is 0 Å². The minimum Gasteiger partial charge on any atom is -0.377 e. The maximum Gasteiger partial charge on any atom is 0.240 e. The Balaban J connectivity index is 2.22. The van der Waals surface area contributed by atoms with Crippen molar-refractivity contribution >= 4 is 10.0 Å². The van der Waals surface area contributed by atoms with Crippen LogP contribution in [0.3, 0.4) is 0 Å². The van der Waals surface area contributed by atoms with Crippen molar-refractivity contribution in [1.82, 2.24) is 10.0 Å². The molecule has 1 aromatic carbocycles. The summed E-state index contributed by atoms with van der Waals surface area (Å²) in [5, 5.41) is 3.05. The largest absolute Gasteiger partial charge is 0.377 e. The van der Waals surface area contributed by atoms with Crippen LogP contribution in [0.2, 0.25) is 0 Å². The first-order valence-corrected chi connectivity index (χ1v) is 8.30. The highest BCUT2D eigenvalue weighted by Crippen LogP contribution is 2.19. The molecule has 0 bridgehead atoms. The molecule has 0 aromatic heterocycles. The zero-order valence-corrected chi connectivity index (χ0v) is 13.0. The average Bonchev–Trinajstić information content (AvgIpc) is 2.77. The van der Waals surface area contributed by atoms with E-state index < -0.39 is 10.0 Å².